The fourth-order valence-corrected chi connectivity index (χ4v) is 0.928. The number of rotatable bonds is 1. The molecule has 62 valence electrons. The van der Waals surface area contributed by atoms with Crippen LogP contribution in [-0.2, 0) is 3.53 Å². The molecule has 0 atom stereocenters. The molecule has 0 aliphatic heterocycles. The van der Waals surface area contributed by atoms with Crippen molar-refractivity contribution in [2.75, 3.05) is 0 Å². The molecule has 0 heterocycles. The Bertz CT molecular complexity index is 228. The van der Waals surface area contributed by atoms with Crippen molar-refractivity contribution >= 4 is 24.9 Å². The fraction of sp³-hybridized carbons (Fsp3) is 0. The van der Waals surface area contributed by atoms with E-state index in [1.807, 2.05) is 6.07 Å². The number of benzene rings is 1. The zero-order valence-corrected chi connectivity index (χ0v) is 8.46. The minimum atomic E-state index is -0.263. The third-order valence-electron chi connectivity index (χ3n) is 1.12. The largest absolute Gasteiger partial charge is 1.00 e. The second-order valence-electron chi connectivity index (χ2n) is 1.77. The van der Waals surface area contributed by atoms with Gasteiger partial charge in [-0.15, -0.1) is 0 Å². The van der Waals surface area contributed by atoms with Gasteiger partial charge in [0.2, 0.25) is 0 Å². The molecule has 0 saturated heterocycles. The van der Waals surface area contributed by atoms with Gasteiger partial charge in [0.05, 0.1) is 0 Å². The van der Waals surface area contributed by atoms with Gasteiger partial charge in [-0.2, -0.15) is 0 Å². The Hall–Kier alpha value is -0.814. The summed E-state index contributed by atoms with van der Waals surface area (Å²) in [4.78, 5) is 10.8. The Morgan fingerprint density at radius 1 is 1.17 bits per heavy atom. The molecular weight excluding hydrogens is 224 g/mol. The van der Waals surface area contributed by atoms with Crippen LogP contribution in [-0.4, -0.2) is 24.9 Å². The van der Waals surface area contributed by atoms with Gasteiger partial charge in [0.1, 0.15) is 0 Å². The molecule has 0 amide bonds. The minimum absolute atomic E-state index is 0. The van der Waals surface area contributed by atoms with Crippen molar-refractivity contribution < 1.29 is 17.7 Å². The van der Waals surface area contributed by atoms with Crippen LogP contribution in [0.2, 0.25) is 0 Å². The van der Waals surface area contributed by atoms with Crippen LogP contribution in [0.5, 0.6) is 0 Å². The molecule has 0 radical (unpaired) electrons. The van der Waals surface area contributed by atoms with Crippen LogP contribution in [0.3, 0.4) is 0 Å². The third-order valence-corrected chi connectivity index (χ3v) is 1.57. The van der Waals surface area contributed by atoms with Gasteiger partial charge in [-0.25, -0.2) is 0 Å². The SMILES string of the molecule is O=C([O][Ga+2])c1ccccc1.[F-].[F-]. The van der Waals surface area contributed by atoms with E-state index >= 15 is 0 Å². The molecule has 0 N–H and O–H groups in total. The summed E-state index contributed by atoms with van der Waals surface area (Å²) >= 11 is 0.960. The number of carbonyl (C=O) groups excluding carboxylic acids is 1. The predicted octanol–water partition coefficient (Wildman–Crippen LogP) is -5.07. The Labute approximate surface area is 79.0 Å². The van der Waals surface area contributed by atoms with Gasteiger partial charge in [-0.05, 0) is 0 Å². The van der Waals surface area contributed by atoms with Gasteiger partial charge in [-0.1, -0.05) is 0 Å². The van der Waals surface area contributed by atoms with Crippen LogP contribution in [0, 0.1) is 0 Å². The fourth-order valence-electron chi connectivity index (χ4n) is 0.642. The van der Waals surface area contributed by atoms with E-state index in [1.165, 1.54) is 0 Å². The van der Waals surface area contributed by atoms with Crippen molar-refractivity contribution in [3.63, 3.8) is 0 Å². The van der Waals surface area contributed by atoms with Crippen molar-refractivity contribution in [1.29, 1.82) is 0 Å². The summed E-state index contributed by atoms with van der Waals surface area (Å²) in [6.45, 7) is 0. The van der Waals surface area contributed by atoms with E-state index in [0.29, 0.717) is 5.56 Å². The molecule has 0 bridgehead atoms. The van der Waals surface area contributed by atoms with Crippen molar-refractivity contribution in [1.82, 2.24) is 0 Å². The summed E-state index contributed by atoms with van der Waals surface area (Å²) in [5.41, 5.74) is 0.604. The van der Waals surface area contributed by atoms with E-state index in [-0.39, 0.29) is 15.4 Å². The monoisotopic (exact) mass is 228 g/mol. The first kappa shape index (κ1) is 13.8. The smallest absolute Gasteiger partial charge is 1.00 e. The molecule has 0 aliphatic rings. The molecule has 0 fully saturated rings. The summed E-state index contributed by atoms with van der Waals surface area (Å²) in [6.07, 6.45) is 0. The molecular formula is C7H5F2GaO2. The molecule has 2 nitrogen and oxygen atoms in total. The van der Waals surface area contributed by atoms with Gasteiger partial charge in [0, 0.05) is 0 Å². The van der Waals surface area contributed by atoms with E-state index < -0.39 is 0 Å². The topological polar surface area (TPSA) is 26.3 Å². The van der Waals surface area contributed by atoms with Gasteiger partial charge >= 0.3 is 69.2 Å². The van der Waals surface area contributed by atoms with Crippen LogP contribution in [0.4, 0.5) is 0 Å². The molecule has 0 unspecified atom stereocenters. The first-order chi connectivity index (χ1) is 4.84. The Balaban J connectivity index is 0. The van der Waals surface area contributed by atoms with Crippen molar-refractivity contribution in [3.05, 3.63) is 35.9 Å². The Kier molecular flexibility index (Phi) is 7.87. The summed E-state index contributed by atoms with van der Waals surface area (Å²) in [5.74, 6) is -0.263. The maximum absolute atomic E-state index is 10.8. The minimum Gasteiger partial charge on any atom is -1.00 e. The first-order valence-electron chi connectivity index (χ1n) is 2.80. The maximum Gasteiger partial charge on any atom is -1.00 e. The van der Waals surface area contributed by atoms with Gasteiger partial charge in [-0.3, -0.25) is 0 Å². The average molecular weight is 229 g/mol. The number of hydrogen-bond donors (Lipinski definition) is 0. The normalized spacial score (nSPS) is 7.50. The summed E-state index contributed by atoms with van der Waals surface area (Å²) < 4.78 is 4.56. The molecule has 0 aromatic heterocycles. The molecule has 5 heteroatoms. The van der Waals surface area contributed by atoms with E-state index in [4.69, 9.17) is 0 Å². The van der Waals surface area contributed by atoms with E-state index in [9.17, 15) is 4.79 Å². The summed E-state index contributed by atoms with van der Waals surface area (Å²) in [6, 6.07) is 8.92. The number of carbonyl (C=O) groups is 1. The van der Waals surface area contributed by atoms with Crippen LogP contribution in [0.25, 0.3) is 0 Å². The van der Waals surface area contributed by atoms with E-state index in [0.717, 1.165) is 19.0 Å². The summed E-state index contributed by atoms with van der Waals surface area (Å²) in [5, 5.41) is 0. The van der Waals surface area contributed by atoms with Crippen LogP contribution in [0.15, 0.2) is 30.3 Å². The molecule has 1 rings (SSSR count). The average Bonchev–Trinajstić information content (AvgIpc) is 2.05. The molecule has 0 spiro atoms. The number of halogens is 2. The Morgan fingerprint density at radius 3 is 2.08 bits per heavy atom. The summed E-state index contributed by atoms with van der Waals surface area (Å²) in [7, 11) is 0. The van der Waals surface area contributed by atoms with E-state index in [1.54, 1.807) is 24.3 Å². The first-order valence-corrected chi connectivity index (χ1v) is 3.79. The Morgan fingerprint density at radius 2 is 1.67 bits per heavy atom. The second-order valence-corrected chi connectivity index (χ2v) is 2.27. The van der Waals surface area contributed by atoms with Crippen molar-refractivity contribution in [2.45, 2.75) is 0 Å². The zero-order chi connectivity index (χ0) is 7.40. The molecule has 0 aliphatic carbocycles. The van der Waals surface area contributed by atoms with Gasteiger partial charge in [0.15, 0.2) is 0 Å². The quantitative estimate of drug-likeness (QED) is 0.450. The van der Waals surface area contributed by atoms with E-state index in [2.05, 4.69) is 3.53 Å². The van der Waals surface area contributed by atoms with Crippen LogP contribution >= 0.6 is 0 Å². The van der Waals surface area contributed by atoms with Crippen LogP contribution in [0.1, 0.15) is 10.4 Å². The van der Waals surface area contributed by atoms with Gasteiger partial charge < -0.3 is 9.41 Å². The second kappa shape index (κ2) is 6.87. The molecule has 12 heavy (non-hydrogen) atoms. The third kappa shape index (κ3) is 3.54. The van der Waals surface area contributed by atoms with Crippen molar-refractivity contribution in [2.24, 2.45) is 0 Å². The molecule has 1 aromatic rings. The zero-order valence-electron chi connectivity index (χ0n) is 6.04. The number of hydrogen-bond acceptors (Lipinski definition) is 2. The van der Waals surface area contributed by atoms with Crippen molar-refractivity contribution in [3.8, 4) is 0 Å². The standard InChI is InChI=1S/C7H6O2.2FH.Ga/c8-7(9)6-4-2-1-3-5-6;;;/h1-5H,(H,8,9);2*1H;/q;;;+3/p-3. The predicted molar refractivity (Wildman–Crippen MR) is 37.6 cm³/mol. The van der Waals surface area contributed by atoms with Gasteiger partial charge in [0.25, 0.3) is 0 Å². The maximum atomic E-state index is 10.8. The molecule has 0 saturated carbocycles. The molecule has 1 aromatic carbocycles. The van der Waals surface area contributed by atoms with Crippen LogP contribution < -0.4 is 9.41 Å².